The van der Waals surface area contributed by atoms with E-state index in [1.54, 1.807) is 6.07 Å². The van der Waals surface area contributed by atoms with Gasteiger partial charge in [-0.1, -0.05) is 19.1 Å². The number of carbonyl (C=O) groups excluding carboxylic acids is 1. The van der Waals surface area contributed by atoms with Gasteiger partial charge in [-0.25, -0.2) is 0 Å². The van der Waals surface area contributed by atoms with Gasteiger partial charge >= 0.3 is 0 Å². The Morgan fingerprint density at radius 1 is 1.35 bits per heavy atom. The highest BCUT2D eigenvalue weighted by molar-refractivity contribution is 9.10. The predicted octanol–water partition coefficient (Wildman–Crippen LogP) is 3.81. The van der Waals surface area contributed by atoms with E-state index in [-0.39, 0.29) is 5.91 Å². The van der Waals surface area contributed by atoms with E-state index in [0.717, 1.165) is 4.47 Å². The van der Waals surface area contributed by atoms with Crippen molar-refractivity contribution in [2.75, 3.05) is 11.8 Å². The molecule has 0 unspecified atom stereocenters. The molecule has 0 aliphatic rings. The monoisotopic (exact) mass is 337 g/mol. The number of carbonyl (C=O) groups is 1. The first kappa shape index (κ1) is 14.8. The van der Waals surface area contributed by atoms with Crippen LogP contribution in [0.1, 0.15) is 23.7 Å². The largest absolute Gasteiger partial charge is 0.344 e. The van der Waals surface area contributed by atoms with E-state index in [2.05, 4.69) is 21.2 Å². The Hall–Kier alpha value is -0.250. The SMILES string of the molecule is CCC(CCl)(CCl)NC(=O)c1ccccc1Br. The lowest BCUT2D eigenvalue weighted by Gasteiger charge is -2.29. The second kappa shape index (κ2) is 6.62. The maximum atomic E-state index is 12.1. The Balaban J connectivity index is 2.89. The van der Waals surface area contributed by atoms with Gasteiger partial charge in [0.25, 0.3) is 5.91 Å². The molecular weight excluding hydrogens is 325 g/mol. The van der Waals surface area contributed by atoms with E-state index in [1.165, 1.54) is 0 Å². The van der Waals surface area contributed by atoms with E-state index in [1.807, 2.05) is 25.1 Å². The number of amides is 1. The molecular formula is C12H14BrCl2NO. The van der Waals surface area contributed by atoms with Gasteiger partial charge in [0.1, 0.15) is 0 Å². The van der Waals surface area contributed by atoms with E-state index in [0.29, 0.717) is 23.7 Å². The Morgan fingerprint density at radius 2 is 1.94 bits per heavy atom. The number of hydrogen-bond donors (Lipinski definition) is 1. The van der Waals surface area contributed by atoms with Crippen LogP contribution in [-0.4, -0.2) is 23.2 Å². The molecule has 0 bridgehead atoms. The highest BCUT2D eigenvalue weighted by Gasteiger charge is 2.29. The van der Waals surface area contributed by atoms with Gasteiger partial charge < -0.3 is 5.32 Å². The molecule has 0 aliphatic heterocycles. The molecule has 0 radical (unpaired) electrons. The standard InChI is InChI=1S/C12H14BrCl2NO/c1-2-12(7-14,8-15)16-11(17)9-5-3-4-6-10(9)13/h3-6H,2,7-8H2,1H3,(H,16,17). The molecule has 0 saturated carbocycles. The fourth-order valence-electron chi connectivity index (χ4n) is 1.33. The smallest absolute Gasteiger partial charge is 0.252 e. The first-order chi connectivity index (χ1) is 8.08. The van der Waals surface area contributed by atoms with Crippen LogP contribution in [0.3, 0.4) is 0 Å². The Bertz CT molecular complexity index is 386. The summed E-state index contributed by atoms with van der Waals surface area (Å²) in [5, 5.41) is 2.90. The fourth-order valence-corrected chi connectivity index (χ4v) is 2.60. The lowest BCUT2D eigenvalue weighted by Crippen LogP contribution is -2.51. The Morgan fingerprint density at radius 3 is 2.41 bits per heavy atom. The van der Waals surface area contributed by atoms with Crippen LogP contribution in [0.5, 0.6) is 0 Å². The van der Waals surface area contributed by atoms with Gasteiger partial charge in [0.05, 0.1) is 11.1 Å². The molecule has 1 aromatic rings. The minimum Gasteiger partial charge on any atom is -0.344 e. The Labute approximate surface area is 120 Å². The molecule has 0 aliphatic carbocycles. The number of rotatable bonds is 5. The van der Waals surface area contributed by atoms with Gasteiger partial charge in [0.2, 0.25) is 0 Å². The lowest BCUT2D eigenvalue weighted by atomic mass is 10.0. The summed E-state index contributed by atoms with van der Waals surface area (Å²) < 4.78 is 0.756. The molecule has 2 nitrogen and oxygen atoms in total. The van der Waals surface area contributed by atoms with Crippen LogP contribution in [0.15, 0.2) is 28.7 Å². The zero-order valence-electron chi connectivity index (χ0n) is 9.47. The average molecular weight is 339 g/mol. The molecule has 0 fully saturated rings. The number of halogens is 3. The molecule has 0 heterocycles. The first-order valence-corrected chi connectivity index (χ1v) is 7.13. The van der Waals surface area contributed by atoms with Crippen molar-refractivity contribution in [2.45, 2.75) is 18.9 Å². The van der Waals surface area contributed by atoms with Gasteiger partial charge in [0, 0.05) is 16.2 Å². The number of alkyl halides is 2. The average Bonchev–Trinajstić information content (AvgIpc) is 2.36. The van der Waals surface area contributed by atoms with E-state index in [4.69, 9.17) is 23.2 Å². The third-order valence-electron chi connectivity index (χ3n) is 2.69. The first-order valence-electron chi connectivity index (χ1n) is 5.27. The molecule has 1 aromatic carbocycles. The highest BCUT2D eigenvalue weighted by Crippen LogP contribution is 2.19. The summed E-state index contributed by atoms with van der Waals surface area (Å²) in [6.07, 6.45) is 0.691. The zero-order valence-corrected chi connectivity index (χ0v) is 12.6. The molecule has 1 rings (SSSR count). The van der Waals surface area contributed by atoms with Crippen LogP contribution in [0.25, 0.3) is 0 Å². The van der Waals surface area contributed by atoms with Crippen LogP contribution in [-0.2, 0) is 0 Å². The van der Waals surface area contributed by atoms with Crippen LogP contribution in [0.2, 0.25) is 0 Å². The number of hydrogen-bond acceptors (Lipinski definition) is 1. The van der Waals surface area contributed by atoms with Crippen molar-refractivity contribution in [3.8, 4) is 0 Å². The van der Waals surface area contributed by atoms with Gasteiger partial charge in [-0.15, -0.1) is 23.2 Å². The molecule has 94 valence electrons. The van der Waals surface area contributed by atoms with E-state index < -0.39 is 5.54 Å². The molecule has 0 saturated heterocycles. The predicted molar refractivity (Wildman–Crippen MR) is 76.1 cm³/mol. The zero-order chi connectivity index (χ0) is 12.9. The normalized spacial score (nSPS) is 11.3. The van der Waals surface area contributed by atoms with Crippen LogP contribution >= 0.6 is 39.1 Å². The van der Waals surface area contributed by atoms with E-state index >= 15 is 0 Å². The van der Waals surface area contributed by atoms with Crippen molar-refractivity contribution in [1.29, 1.82) is 0 Å². The molecule has 1 amide bonds. The lowest BCUT2D eigenvalue weighted by molar-refractivity contribution is 0.0912. The third kappa shape index (κ3) is 3.60. The van der Waals surface area contributed by atoms with Gasteiger partial charge in [0.15, 0.2) is 0 Å². The molecule has 0 aromatic heterocycles. The summed E-state index contributed by atoms with van der Waals surface area (Å²) in [7, 11) is 0. The quantitative estimate of drug-likeness (QED) is 0.813. The van der Waals surface area contributed by atoms with Gasteiger partial charge in [-0.05, 0) is 34.5 Å². The second-order valence-electron chi connectivity index (χ2n) is 3.84. The molecule has 0 atom stereocenters. The highest BCUT2D eigenvalue weighted by atomic mass is 79.9. The van der Waals surface area contributed by atoms with Crippen molar-refractivity contribution < 1.29 is 4.79 Å². The maximum absolute atomic E-state index is 12.1. The summed E-state index contributed by atoms with van der Waals surface area (Å²) in [6, 6.07) is 7.25. The second-order valence-corrected chi connectivity index (χ2v) is 5.22. The summed E-state index contributed by atoms with van der Waals surface area (Å²) in [5.41, 5.74) is 0.0377. The summed E-state index contributed by atoms with van der Waals surface area (Å²) in [6.45, 7) is 1.95. The van der Waals surface area contributed by atoms with E-state index in [9.17, 15) is 4.79 Å². The minimum absolute atomic E-state index is 0.166. The maximum Gasteiger partial charge on any atom is 0.252 e. The van der Waals surface area contributed by atoms with Crippen molar-refractivity contribution in [3.05, 3.63) is 34.3 Å². The third-order valence-corrected chi connectivity index (χ3v) is 4.40. The Kier molecular flexibility index (Phi) is 5.77. The molecule has 5 heteroatoms. The number of nitrogens with one attached hydrogen (secondary N) is 1. The van der Waals surface area contributed by atoms with Gasteiger partial charge in [-0.2, -0.15) is 0 Å². The number of benzene rings is 1. The van der Waals surface area contributed by atoms with Crippen molar-refractivity contribution >= 4 is 45.0 Å². The van der Waals surface area contributed by atoms with Crippen molar-refractivity contribution in [2.24, 2.45) is 0 Å². The fraction of sp³-hybridized carbons (Fsp3) is 0.417. The van der Waals surface area contributed by atoms with Crippen LogP contribution in [0.4, 0.5) is 0 Å². The van der Waals surface area contributed by atoms with Gasteiger partial charge in [-0.3, -0.25) is 4.79 Å². The molecule has 0 spiro atoms. The van der Waals surface area contributed by atoms with Crippen LogP contribution < -0.4 is 5.32 Å². The topological polar surface area (TPSA) is 29.1 Å². The molecule has 1 N–H and O–H groups in total. The summed E-state index contributed by atoms with van der Waals surface area (Å²) in [4.78, 5) is 12.1. The summed E-state index contributed by atoms with van der Waals surface area (Å²) >= 11 is 15.1. The summed E-state index contributed by atoms with van der Waals surface area (Å²) in [5.74, 6) is 0.424. The minimum atomic E-state index is -0.546. The van der Waals surface area contributed by atoms with Crippen LogP contribution in [0, 0.1) is 0 Å². The van der Waals surface area contributed by atoms with Crippen molar-refractivity contribution in [1.82, 2.24) is 5.32 Å². The van der Waals surface area contributed by atoms with Crippen molar-refractivity contribution in [3.63, 3.8) is 0 Å². The molecule has 17 heavy (non-hydrogen) atoms.